The van der Waals surface area contributed by atoms with E-state index in [1.54, 1.807) is 6.92 Å². The van der Waals surface area contributed by atoms with Crippen LogP contribution in [0.1, 0.15) is 61.5 Å². The fraction of sp³-hybridized carbons (Fsp3) is 0.471. The Bertz CT molecular complexity index is 508. The maximum Gasteiger partial charge on any atom is 0.159 e. The van der Waals surface area contributed by atoms with Gasteiger partial charge in [0, 0.05) is 5.56 Å². The number of ketones is 1. The Morgan fingerprint density at radius 2 is 2.00 bits per heavy atom. The average molecular weight is 242 g/mol. The molecule has 1 heteroatoms. The van der Waals surface area contributed by atoms with E-state index in [0.29, 0.717) is 0 Å². The second-order valence-electron chi connectivity index (χ2n) is 5.69. The molecule has 0 spiro atoms. The van der Waals surface area contributed by atoms with E-state index < -0.39 is 0 Å². The summed E-state index contributed by atoms with van der Waals surface area (Å²) in [6.45, 7) is 8.33. The molecule has 0 radical (unpaired) electrons. The summed E-state index contributed by atoms with van der Waals surface area (Å²) >= 11 is 0. The van der Waals surface area contributed by atoms with Crippen molar-refractivity contribution in [2.75, 3.05) is 0 Å². The molecule has 0 saturated heterocycles. The molecule has 96 valence electrons. The smallest absolute Gasteiger partial charge is 0.159 e. The first-order valence-electron chi connectivity index (χ1n) is 6.79. The van der Waals surface area contributed by atoms with Crippen molar-refractivity contribution in [1.29, 1.82) is 0 Å². The number of allylic oxidation sites excluding steroid dienone is 2. The molecule has 0 aliphatic heterocycles. The van der Waals surface area contributed by atoms with Gasteiger partial charge in [-0.05, 0) is 68.7 Å². The van der Waals surface area contributed by atoms with Gasteiger partial charge in [-0.25, -0.2) is 0 Å². The molecule has 0 fully saturated rings. The second-order valence-corrected chi connectivity index (χ2v) is 5.69. The molecule has 0 saturated carbocycles. The van der Waals surface area contributed by atoms with Crippen LogP contribution in [-0.2, 0) is 0 Å². The first-order chi connectivity index (χ1) is 8.49. The van der Waals surface area contributed by atoms with Gasteiger partial charge >= 0.3 is 0 Å². The van der Waals surface area contributed by atoms with Crippen LogP contribution in [0.5, 0.6) is 0 Å². The van der Waals surface area contributed by atoms with E-state index in [2.05, 4.69) is 32.9 Å². The zero-order valence-electron chi connectivity index (χ0n) is 11.8. The van der Waals surface area contributed by atoms with Crippen molar-refractivity contribution in [3.05, 3.63) is 40.5 Å². The third kappa shape index (κ3) is 2.55. The van der Waals surface area contributed by atoms with Crippen molar-refractivity contribution in [2.45, 2.75) is 47.0 Å². The maximum atomic E-state index is 11.5. The summed E-state index contributed by atoms with van der Waals surface area (Å²) in [4.78, 5) is 11.5. The number of aryl methyl sites for hydroxylation is 1. The van der Waals surface area contributed by atoms with Crippen molar-refractivity contribution >= 4 is 11.4 Å². The Morgan fingerprint density at radius 3 is 2.67 bits per heavy atom. The van der Waals surface area contributed by atoms with Crippen LogP contribution in [-0.4, -0.2) is 5.78 Å². The number of benzene rings is 1. The van der Waals surface area contributed by atoms with Gasteiger partial charge in [0.2, 0.25) is 0 Å². The molecular formula is C17H22O. The van der Waals surface area contributed by atoms with Gasteiger partial charge in [-0.1, -0.05) is 24.6 Å². The largest absolute Gasteiger partial charge is 0.295 e. The highest BCUT2D eigenvalue weighted by Gasteiger charge is 2.18. The van der Waals surface area contributed by atoms with Crippen molar-refractivity contribution in [3.63, 3.8) is 0 Å². The molecule has 0 bridgehead atoms. The number of Topliss-reactive ketones (excluding diaryl/α,β-unsaturated/α-hetero) is 1. The first-order valence-corrected chi connectivity index (χ1v) is 6.79. The summed E-state index contributed by atoms with van der Waals surface area (Å²) in [6, 6.07) is 6.09. The zero-order valence-corrected chi connectivity index (χ0v) is 11.8. The Kier molecular flexibility index (Phi) is 3.70. The number of hydrogen-bond acceptors (Lipinski definition) is 1. The van der Waals surface area contributed by atoms with Crippen molar-refractivity contribution in [3.8, 4) is 0 Å². The standard InChI is InChI=1S/C17H22O/c1-11-5-6-12(2)16(9-11)17-10-15(14(4)18)8-7-13(17)3/h7-8,10-11H,5-6,9H2,1-4H3. The minimum absolute atomic E-state index is 0.151. The summed E-state index contributed by atoms with van der Waals surface area (Å²) in [5.41, 5.74) is 6.36. The van der Waals surface area contributed by atoms with Crippen LogP contribution in [0.2, 0.25) is 0 Å². The lowest BCUT2D eigenvalue weighted by Crippen LogP contribution is -2.07. The summed E-state index contributed by atoms with van der Waals surface area (Å²) in [6.07, 6.45) is 3.63. The van der Waals surface area contributed by atoms with Crippen molar-refractivity contribution in [1.82, 2.24) is 0 Å². The number of carbonyl (C=O) groups is 1. The normalized spacial score (nSPS) is 20.1. The Hall–Kier alpha value is -1.37. The van der Waals surface area contributed by atoms with Crippen molar-refractivity contribution in [2.24, 2.45) is 5.92 Å². The molecule has 1 nitrogen and oxygen atoms in total. The lowest BCUT2D eigenvalue weighted by Gasteiger charge is -2.24. The molecule has 18 heavy (non-hydrogen) atoms. The van der Waals surface area contributed by atoms with Gasteiger partial charge in [0.15, 0.2) is 5.78 Å². The van der Waals surface area contributed by atoms with Crippen LogP contribution in [0, 0.1) is 12.8 Å². The fourth-order valence-corrected chi connectivity index (χ4v) is 2.74. The van der Waals surface area contributed by atoms with Crippen LogP contribution in [0.3, 0.4) is 0 Å². The fourth-order valence-electron chi connectivity index (χ4n) is 2.74. The van der Waals surface area contributed by atoms with Gasteiger partial charge in [0.25, 0.3) is 0 Å². The SMILES string of the molecule is CC(=O)c1ccc(C)c(C2=C(C)CCC(C)C2)c1. The van der Waals surface area contributed by atoms with Gasteiger partial charge in [-0.3, -0.25) is 4.79 Å². The Labute approximate surface area is 110 Å². The molecule has 0 amide bonds. The molecule has 0 aromatic heterocycles. The van der Waals surface area contributed by atoms with Crippen LogP contribution < -0.4 is 0 Å². The topological polar surface area (TPSA) is 17.1 Å². The van der Waals surface area contributed by atoms with Crippen LogP contribution in [0.4, 0.5) is 0 Å². The molecule has 0 N–H and O–H groups in total. The molecule has 0 heterocycles. The molecular weight excluding hydrogens is 220 g/mol. The molecule has 2 rings (SSSR count). The van der Waals surface area contributed by atoms with Gasteiger partial charge in [-0.15, -0.1) is 0 Å². The van der Waals surface area contributed by atoms with E-state index in [-0.39, 0.29) is 5.78 Å². The quantitative estimate of drug-likeness (QED) is 0.681. The van der Waals surface area contributed by atoms with E-state index in [4.69, 9.17) is 0 Å². The average Bonchev–Trinajstić information content (AvgIpc) is 2.33. The van der Waals surface area contributed by atoms with E-state index in [1.807, 2.05) is 6.07 Å². The molecule has 1 aliphatic rings. The van der Waals surface area contributed by atoms with Gasteiger partial charge in [-0.2, -0.15) is 0 Å². The molecule has 1 aromatic carbocycles. The maximum absolute atomic E-state index is 11.5. The van der Waals surface area contributed by atoms with E-state index in [1.165, 1.54) is 35.1 Å². The number of hydrogen-bond donors (Lipinski definition) is 0. The highest BCUT2D eigenvalue weighted by atomic mass is 16.1. The minimum atomic E-state index is 0.151. The highest BCUT2D eigenvalue weighted by molar-refractivity contribution is 5.95. The Morgan fingerprint density at radius 1 is 1.28 bits per heavy atom. The third-order valence-corrected chi connectivity index (χ3v) is 4.05. The zero-order chi connectivity index (χ0) is 13.3. The monoisotopic (exact) mass is 242 g/mol. The summed E-state index contributed by atoms with van der Waals surface area (Å²) in [5.74, 6) is 0.905. The van der Waals surface area contributed by atoms with Crippen LogP contribution >= 0.6 is 0 Å². The lowest BCUT2D eigenvalue weighted by molar-refractivity contribution is 0.101. The van der Waals surface area contributed by atoms with Gasteiger partial charge in [0.1, 0.15) is 0 Å². The molecule has 1 atom stereocenters. The summed E-state index contributed by atoms with van der Waals surface area (Å²) < 4.78 is 0. The van der Waals surface area contributed by atoms with Crippen LogP contribution in [0.25, 0.3) is 5.57 Å². The first kappa shape index (κ1) is 13.1. The van der Waals surface area contributed by atoms with E-state index in [0.717, 1.165) is 17.9 Å². The minimum Gasteiger partial charge on any atom is -0.295 e. The van der Waals surface area contributed by atoms with Gasteiger partial charge in [0.05, 0.1) is 0 Å². The molecule has 1 aromatic rings. The predicted octanol–water partition coefficient (Wildman–Crippen LogP) is 4.79. The lowest BCUT2D eigenvalue weighted by atomic mass is 9.81. The number of carbonyl (C=O) groups excluding carboxylic acids is 1. The van der Waals surface area contributed by atoms with Gasteiger partial charge < -0.3 is 0 Å². The molecule has 1 unspecified atom stereocenters. The summed E-state index contributed by atoms with van der Waals surface area (Å²) in [7, 11) is 0. The second kappa shape index (κ2) is 5.09. The Balaban J connectivity index is 2.49. The third-order valence-electron chi connectivity index (χ3n) is 4.05. The summed E-state index contributed by atoms with van der Waals surface area (Å²) in [5, 5.41) is 0. The highest BCUT2D eigenvalue weighted by Crippen LogP contribution is 2.36. The van der Waals surface area contributed by atoms with Crippen LogP contribution in [0.15, 0.2) is 23.8 Å². The molecule has 1 aliphatic carbocycles. The number of rotatable bonds is 2. The predicted molar refractivity (Wildman–Crippen MR) is 76.8 cm³/mol. The van der Waals surface area contributed by atoms with E-state index in [9.17, 15) is 4.79 Å². The van der Waals surface area contributed by atoms with E-state index >= 15 is 0 Å². The van der Waals surface area contributed by atoms with Crippen molar-refractivity contribution < 1.29 is 4.79 Å².